The maximum Gasteiger partial charge on any atom is 0.251 e. The van der Waals surface area contributed by atoms with Crippen molar-refractivity contribution < 1.29 is 14.3 Å². The third-order valence-electron chi connectivity index (χ3n) is 3.54. The van der Waals surface area contributed by atoms with Crippen LogP contribution in [-0.2, 0) is 6.54 Å². The largest absolute Gasteiger partial charge is 0.497 e. The molecule has 1 unspecified atom stereocenters. The Balaban J connectivity index is 2.20. The van der Waals surface area contributed by atoms with Crippen molar-refractivity contribution in [2.45, 2.75) is 19.5 Å². The molecule has 0 bridgehead atoms. The van der Waals surface area contributed by atoms with Crippen LogP contribution in [0.1, 0.15) is 34.6 Å². The standard InChI is InChI=1S/C17H21N3O3/c1-11(15-9-14(22-2)4-5-16(15)23-3)20-17(21)12-6-7-19-13(8-12)10-18/h4-9,11H,10,18H2,1-3H3,(H,20,21). The van der Waals surface area contributed by atoms with Crippen LogP contribution >= 0.6 is 0 Å². The van der Waals surface area contributed by atoms with Gasteiger partial charge in [-0.25, -0.2) is 0 Å². The average molecular weight is 315 g/mol. The van der Waals surface area contributed by atoms with Crippen LogP contribution < -0.4 is 20.5 Å². The van der Waals surface area contributed by atoms with Gasteiger partial charge >= 0.3 is 0 Å². The summed E-state index contributed by atoms with van der Waals surface area (Å²) < 4.78 is 10.6. The number of nitrogens with two attached hydrogens (primary N) is 1. The first-order chi connectivity index (χ1) is 11.1. The van der Waals surface area contributed by atoms with E-state index in [1.807, 2.05) is 25.1 Å². The Morgan fingerprint density at radius 3 is 2.70 bits per heavy atom. The third kappa shape index (κ3) is 3.98. The first kappa shape index (κ1) is 16.8. The Hall–Kier alpha value is -2.60. The second-order valence-electron chi connectivity index (χ2n) is 5.04. The second kappa shape index (κ2) is 7.60. The van der Waals surface area contributed by atoms with E-state index in [0.29, 0.717) is 29.3 Å². The molecule has 1 aromatic heterocycles. The van der Waals surface area contributed by atoms with Crippen molar-refractivity contribution in [3.63, 3.8) is 0 Å². The van der Waals surface area contributed by atoms with Gasteiger partial charge in [0.05, 0.1) is 26.0 Å². The van der Waals surface area contributed by atoms with Crippen molar-refractivity contribution in [3.8, 4) is 11.5 Å². The summed E-state index contributed by atoms with van der Waals surface area (Å²) in [5.74, 6) is 1.20. The van der Waals surface area contributed by atoms with Gasteiger partial charge in [0.2, 0.25) is 0 Å². The molecule has 2 rings (SSSR count). The summed E-state index contributed by atoms with van der Waals surface area (Å²) in [5, 5.41) is 2.95. The number of rotatable bonds is 6. The lowest BCUT2D eigenvalue weighted by molar-refractivity contribution is 0.0939. The van der Waals surface area contributed by atoms with E-state index in [9.17, 15) is 4.79 Å². The van der Waals surface area contributed by atoms with E-state index in [0.717, 1.165) is 5.56 Å². The molecule has 0 aliphatic carbocycles. The number of benzene rings is 1. The van der Waals surface area contributed by atoms with E-state index in [4.69, 9.17) is 15.2 Å². The minimum atomic E-state index is -0.248. The fourth-order valence-electron chi connectivity index (χ4n) is 2.27. The molecule has 23 heavy (non-hydrogen) atoms. The van der Waals surface area contributed by atoms with Gasteiger partial charge in [0.1, 0.15) is 11.5 Å². The lowest BCUT2D eigenvalue weighted by atomic mass is 10.1. The fourth-order valence-corrected chi connectivity index (χ4v) is 2.27. The van der Waals surface area contributed by atoms with E-state index >= 15 is 0 Å². The normalized spacial score (nSPS) is 11.7. The Labute approximate surface area is 135 Å². The van der Waals surface area contributed by atoms with Crippen LogP contribution in [0.2, 0.25) is 0 Å². The monoisotopic (exact) mass is 315 g/mol. The molecule has 1 aromatic carbocycles. The molecule has 0 aliphatic rings. The molecule has 6 nitrogen and oxygen atoms in total. The zero-order valence-corrected chi connectivity index (χ0v) is 13.5. The minimum absolute atomic E-state index is 0.195. The number of carbonyl (C=O) groups is 1. The van der Waals surface area contributed by atoms with Gasteiger partial charge in [-0.1, -0.05) is 0 Å². The van der Waals surface area contributed by atoms with E-state index in [-0.39, 0.29) is 11.9 Å². The molecule has 0 radical (unpaired) electrons. The summed E-state index contributed by atoms with van der Waals surface area (Å²) >= 11 is 0. The first-order valence-corrected chi connectivity index (χ1v) is 7.26. The van der Waals surface area contributed by atoms with Crippen molar-refractivity contribution in [2.24, 2.45) is 5.73 Å². The summed E-state index contributed by atoms with van der Waals surface area (Å²) in [4.78, 5) is 16.5. The summed E-state index contributed by atoms with van der Waals surface area (Å²) in [6.45, 7) is 2.18. The van der Waals surface area contributed by atoms with Crippen LogP contribution in [0, 0.1) is 0 Å². The molecular weight excluding hydrogens is 294 g/mol. The maximum absolute atomic E-state index is 12.4. The average Bonchev–Trinajstić information content (AvgIpc) is 2.60. The third-order valence-corrected chi connectivity index (χ3v) is 3.54. The van der Waals surface area contributed by atoms with Gasteiger partial charge in [0, 0.05) is 23.9 Å². The number of nitrogens with one attached hydrogen (secondary N) is 1. The maximum atomic E-state index is 12.4. The topological polar surface area (TPSA) is 86.5 Å². The number of aromatic nitrogens is 1. The van der Waals surface area contributed by atoms with Gasteiger partial charge in [-0.3, -0.25) is 9.78 Å². The molecule has 2 aromatic rings. The van der Waals surface area contributed by atoms with E-state index in [1.54, 1.807) is 32.5 Å². The Morgan fingerprint density at radius 2 is 2.04 bits per heavy atom. The summed E-state index contributed by atoms with van der Waals surface area (Å²) in [6.07, 6.45) is 1.58. The second-order valence-corrected chi connectivity index (χ2v) is 5.04. The predicted octanol–water partition coefficient (Wildman–Crippen LogP) is 2.05. The zero-order chi connectivity index (χ0) is 16.8. The molecule has 3 N–H and O–H groups in total. The van der Waals surface area contributed by atoms with Crippen molar-refractivity contribution in [3.05, 3.63) is 53.3 Å². The van der Waals surface area contributed by atoms with Crippen molar-refractivity contribution >= 4 is 5.91 Å². The molecule has 1 amide bonds. The molecule has 0 saturated heterocycles. The minimum Gasteiger partial charge on any atom is -0.497 e. The highest BCUT2D eigenvalue weighted by Gasteiger charge is 2.16. The van der Waals surface area contributed by atoms with Gasteiger partial charge in [0.25, 0.3) is 5.91 Å². The number of hydrogen-bond acceptors (Lipinski definition) is 5. The van der Waals surface area contributed by atoms with Gasteiger partial charge < -0.3 is 20.5 Å². The van der Waals surface area contributed by atoms with Gasteiger partial charge in [-0.2, -0.15) is 0 Å². The van der Waals surface area contributed by atoms with Gasteiger partial charge in [-0.15, -0.1) is 0 Å². The highest BCUT2D eigenvalue weighted by atomic mass is 16.5. The van der Waals surface area contributed by atoms with Crippen LogP contribution in [-0.4, -0.2) is 25.1 Å². The highest BCUT2D eigenvalue weighted by Crippen LogP contribution is 2.29. The molecule has 6 heteroatoms. The Bertz CT molecular complexity index is 689. The number of amides is 1. The molecule has 1 atom stereocenters. The zero-order valence-electron chi connectivity index (χ0n) is 13.5. The Morgan fingerprint density at radius 1 is 1.26 bits per heavy atom. The fraction of sp³-hybridized carbons (Fsp3) is 0.294. The number of methoxy groups -OCH3 is 2. The van der Waals surface area contributed by atoms with Gasteiger partial charge in [0.15, 0.2) is 0 Å². The SMILES string of the molecule is COc1ccc(OC)c(C(C)NC(=O)c2ccnc(CN)c2)c1. The number of nitrogens with zero attached hydrogens (tertiary/aromatic N) is 1. The molecule has 0 fully saturated rings. The van der Waals surface area contributed by atoms with Crippen LogP contribution in [0.3, 0.4) is 0 Å². The summed E-state index contributed by atoms with van der Waals surface area (Å²) in [5.41, 5.74) is 7.59. The molecule has 0 aliphatic heterocycles. The molecule has 1 heterocycles. The van der Waals surface area contributed by atoms with Gasteiger partial charge in [-0.05, 0) is 37.3 Å². The summed E-state index contributed by atoms with van der Waals surface area (Å²) in [6, 6.07) is 8.57. The first-order valence-electron chi connectivity index (χ1n) is 7.26. The van der Waals surface area contributed by atoms with E-state index < -0.39 is 0 Å². The lowest BCUT2D eigenvalue weighted by Crippen LogP contribution is -2.27. The lowest BCUT2D eigenvalue weighted by Gasteiger charge is -2.18. The molecule has 0 spiro atoms. The van der Waals surface area contributed by atoms with Crippen molar-refractivity contribution in [1.29, 1.82) is 0 Å². The number of hydrogen-bond donors (Lipinski definition) is 2. The number of pyridine rings is 1. The smallest absolute Gasteiger partial charge is 0.251 e. The van der Waals surface area contributed by atoms with Crippen LogP contribution in [0.25, 0.3) is 0 Å². The quantitative estimate of drug-likeness (QED) is 0.852. The predicted molar refractivity (Wildman–Crippen MR) is 87.6 cm³/mol. The highest BCUT2D eigenvalue weighted by molar-refractivity contribution is 5.94. The van der Waals surface area contributed by atoms with Crippen molar-refractivity contribution in [1.82, 2.24) is 10.3 Å². The van der Waals surface area contributed by atoms with Crippen LogP contribution in [0.15, 0.2) is 36.5 Å². The number of carbonyl (C=O) groups excluding carboxylic acids is 1. The van der Waals surface area contributed by atoms with Crippen LogP contribution in [0.5, 0.6) is 11.5 Å². The molecule has 0 saturated carbocycles. The number of ether oxygens (including phenoxy) is 2. The molecule has 122 valence electrons. The Kier molecular flexibility index (Phi) is 5.54. The van der Waals surface area contributed by atoms with Crippen LogP contribution in [0.4, 0.5) is 0 Å². The molecular formula is C17H21N3O3. The summed E-state index contributed by atoms with van der Waals surface area (Å²) in [7, 11) is 3.19. The van der Waals surface area contributed by atoms with E-state index in [1.165, 1.54) is 0 Å². The van der Waals surface area contributed by atoms with E-state index in [2.05, 4.69) is 10.3 Å². The van der Waals surface area contributed by atoms with Crippen molar-refractivity contribution in [2.75, 3.05) is 14.2 Å².